The molecule has 0 aliphatic heterocycles. The van der Waals surface area contributed by atoms with E-state index in [0.29, 0.717) is 0 Å². The smallest absolute Gasteiger partial charge is 0.172 e. The Hall–Kier alpha value is -0.0100. The molecule has 0 heterocycles. The summed E-state index contributed by atoms with van der Waals surface area (Å²) in [7, 11) is 0. The third kappa shape index (κ3) is 4.16. The Labute approximate surface area is 63.0 Å². The molecule has 0 radical (unpaired) electrons. The zero-order chi connectivity index (χ0) is 6.57. The number of hydrogen-bond acceptors (Lipinski definition) is 1. The van der Waals surface area contributed by atoms with Crippen LogP contribution in [0.3, 0.4) is 0 Å². The van der Waals surface area contributed by atoms with Crippen LogP contribution in [0, 0.1) is 0 Å². The van der Waals surface area contributed by atoms with E-state index in [1.54, 1.807) is 0 Å². The first-order valence-corrected chi connectivity index (χ1v) is 2.85. The average molecular weight is 168 g/mol. The molecule has 0 spiro atoms. The van der Waals surface area contributed by atoms with Crippen molar-refractivity contribution >= 4 is 39.9 Å². The maximum Gasteiger partial charge on any atom is 0.172 e. The minimum Gasteiger partial charge on any atom is -0.321 e. The molecule has 1 N–H and O–H groups in total. The van der Waals surface area contributed by atoms with E-state index in [1.165, 1.54) is 0 Å². The zero-order valence-electron chi connectivity index (χ0n) is 3.87. The van der Waals surface area contributed by atoms with Crippen molar-refractivity contribution in [2.24, 2.45) is 0 Å². The van der Waals surface area contributed by atoms with Gasteiger partial charge in [-0.15, -0.1) is 0 Å². The van der Waals surface area contributed by atoms with Gasteiger partial charge in [0.05, 0.1) is 0 Å². The topological polar surface area (TPSA) is 12.0 Å². The van der Waals surface area contributed by atoms with Gasteiger partial charge < -0.3 is 5.32 Å². The van der Waals surface area contributed by atoms with Gasteiger partial charge in [-0.25, -0.2) is 0 Å². The Morgan fingerprint density at radius 3 is 2.25 bits per heavy atom. The molecule has 0 aromatic heterocycles. The van der Waals surface area contributed by atoms with E-state index in [4.69, 9.17) is 23.2 Å². The number of rotatable bonds is 1. The van der Waals surface area contributed by atoms with E-state index >= 15 is 0 Å². The molecule has 0 aliphatic carbocycles. The highest BCUT2D eigenvalue weighted by atomic mass is 35.5. The van der Waals surface area contributed by atoms with E-state index in [-0.39, 0.29) is 9.60 Å². The largest absolute Gasteiger partial charge is 0.321 e. The van der Waals surface area contributed by atoms with Crippen LogP contribution in [0.5, 0.6) is 0 Å². The summed E-state index contributed by atoms with van der Waals surface area (Å²) in [5.74, 6) is 0. The average Bonchev–Trinajstić information content (AvgIpc) is 1.65. The normalized spacial score (nSPS) is 7.25. The molecule has 0 atom stereocenters. The van der Waals surface area contributed by atoms with Crippen LogP contribution in [0.25, 0.3) is 0 Å². The monoisotopic (exact) mass is 167 g/mol. The Morgan fingerprint density at radius 2 is 2.12 bits per heavy atom. The summed E-state index contributed by atoms with van der Waals surface area (Å²) in [6, 6.07) is 0. The van der Waals surface area contributed by atoms with Crippen molar-refractivity contribution in [3.63, 3.8) is 0 Å². The predicted molar refractivity (Wildman–Crippen MR) is 40.1 cm³/mol. The van der Waals surface area contributed by atoms with Crippen LogP contribution in [0.2, 0.25) is 0 Å². The van der Waals surface area contributed by atoms with E-state index in [0.717, 1.165) is 0 Å². The highest BCUT2D eigenvalue weighted by Gasteiger charge is 1.87. The summed E-state index contributed by atoms with van der Waals surface area (Å²) >= 11 is 14.9. The van der Waals surface area contributed by atoms with Gasteiger partial charge in [0, 0.05) is 0 Å². The van der Waals surface area contributed by atoms with Gasteiger partial charge in [0.15, 0.2) is 9.60 Å². The molecule has 1 nitrogen and oxygen atoms in total. The second-order valence-electron chi connectivity index (χ2n) is 0.889. The summed E-state index contributed by atoms with van der Waals surface area (Å²) in [5, 5.41) is 2.61. The second kappa shape index (κ2) is 3.93. The van der Waals surface area contributed by atoms with Gasteiger partial charge in [-0.2, -0.15) is 0 Å². The molecule has 0 fully saturated rings. The molecule has 0 aromatic carbocycles. The molecule has 0 unspecified atom stereocenters. The standard InChI is InChI=1S/C4H3Cl2NS/c1-2-3(5)7-4(6)8/h1H2,(H,7,8). The third-order valence-electron chi connectivity index (χ3n) is 0.363. The lowest BCUT2D eigenvalue weighted by Gasteiger charge is -1.92. The molecule has 0 aromatic rings. The number of halogens is 2. The van der Waals surface area contributed by atoms with Gasteiger partial charge in [-0.3, -0.25) is 0 Å². The van der Waals surface area contributed by atoms with Crippen molar-refractivity contribution in [2.75, 3.05) is 0 Å². The maximum absolute atomic E-state index is 5.32. The Bertz CT molecular complexity index is 148. The van der Waals surface area contributed by atoms with Crippen LogP contribution < -0.4 is 5.32 Å². The van der Waals surface area contributed by atoms with Crippen molar-refractivity contribution in [1.82, 2.24) is 5.32 Å². The van der Waals surface area contributed by atoms with E-state index in [9.17, 15) is 0 Å². The molecular formula is C4H3Cl2NS. The van der Waals surface area contributed by atoms with E-state index in [1.807, 2.05) is 0 Å². The zero-order valence-corrected chi connectivity index (χ0v) is 6.20. The van der Waals surface area contributed by atoms with Crippen LogP contribution in [-0.2, 0) is 0 Å². The van der Waals surface area contributed by atoms with E-state index in [2.05, 4.69) is 29.8 Å². The third-order valence-corrected chi connectivity index (χ3v) is 0.788. The van der Waals surface area contributed by atoms with Gasteiger partial charge in [0.25, 0.3) is 0 Å². The van der Waals surface area contributed by atoms with Crippen molar-refractivity contribution in [2.45, 2.75) is 0 Å². The summed E-state index contributed by atoms with van der Waals surface area (Å²) in [5.41, 5.74) is 2.35. The highest BCUT2D eigenvalue weighted by molar-refractivity contribution is 7.83. The molecular weight excluding hydrogens is 165 g/mol. The Kier molecular flexibility index (Phi) is 3.92. The lowest BCUT2D eigenvalue weighted by atomic mass is 10.8. The summed E-state index contributed by atoms with van der Waals surface area (Å²) in [4.78, 5) is 0. The molecule has 0 saturated heterocycles. The van der Waals surface area contributed by atoms with Crippen molar-refractivity contribution in [3.05, 3.63) is 17.5 Å². The van der Waals surface area contributed by atoms with Crippen LogP contribution in [0.4, 0.5) is 0 Å². The second-order valence-corrected chi connectivity index (χ2v) is 2.28. The summed E-state index contributed by atoms with van der Waals surface area (Å²) in [6.45, 7) is 3.24. The van der Waals surface area contributed by atoms with Crippen molar-refractivity contribution in [1.29, 1.82) is 0 Å². The molecule has 44 valence electrons. The van der Waals surface area contributed by atoms with Gasteiger partial charge >= 0.3 is 0 Å². The first-order valence-electron chi connectivity index (χ1n) is 1.69. The predicted octanol–water partition coefficient (Wildman–Crippen LogP) is 1.96. The van der Waals surface area contributed by atoms with Crippen molar-refractivity contribution in [3.8, 4) is 0 Å². The van der Waals surface area contributed by atoms with Crippen LogP contribution in [0.1, 0.15) is 0 Å². The molecule has 8 heavy (non-hydrogen) atoms. The van der Waals surface area contributed by atoms with Gasteiger partial charge in [0.2, 0.25) is 0 Å². The Balaban J connectivity index is 3.74. The molecule has 4 heteroatoms. The van der Waals surface area contributed by atoms with Gasteiger partial charge in [-0.05, 0) is 12.2 Å². The number of thiocarbonyl (C=S) groups is 1. The first kappa shape index (κ1) is 7.99. The van der Waals surface area contributed by atoms with Crippen molar-refractivity contribution < 1.29 is 0 Å². The van der Waals surface area contributed by atoms with Crippen LogP contribution >= 0.6 is 35.4 Å². The fourth-order valence-electron chi connectivity index (χ4n) is 0.130. The highest BCUT2D eigenvalue weighted by Crippen LogP contribution is 1.92. The first-order chi connectivity index (χ1) is 3.66. The lowest BCUT2D eigenvalue weighted by molar-refractivity contribution is 1.30. The molecule has 0 bridgehead atoms. The minimum atomic E-state index is 0.0890. The lowest BCUT2D eigenvalue weighted by Crippen LogP contribution is -2.10. The fraction of sp³-hybridized carbons (Fsp3) is 0. The molecule has 0 amide bonds. The maximum atomic E-state index is 5.32. The fourth-order valence-corrected chi connectivity index (χ4v) is 0.526. The number of nitrogens with one attached hydrogen (secondary N) is 1. The quantitative estimate of drug-likeness (QED) is 0.278. The summed E-state index contributed by atoms with van der Waals surface area (Å²) in [6.07, 6.45) is 0. The molecule has 0 rings (SSSR count). The molecule has 0 saturated carbocycles. The van der Waals surface area contributed by atoms with E-state index < -0.39 is 0 Å². The van der Waals surface area contributed by atoms with Gasteiger partial charge in [0.1, 0.15) is 0 Å². The Morgan fingerprint density at radius 1 is 1.62 bits per heavy atom. The van der Waals surface area contributed by atoms with Gasteiger partial charge in [-0.1, -0.05) is 35.5 Å². The molecule has 0 aliphatic rings. The summed E-state index contributed by atoms with van der Waals surface area (Å²) < 4.78 is 0.0890. The number of hydrogen-bond donors (Lipinski definition) is 1. The SMILES string of the molecule is C=C=C(Cl)NC(=S)Cl. The minimum absolute atomic E-state index is 0.0890. The van der Waals surface area contributed by atoms with Crippen LogP contribution in [0.15, 0.2) is 17.5 Å². The van der Waals surface area contributed by atoms with Crippen LogP contribution in [-0.4, -0.2) is 4.45 Å².